The molecule has 0 saturated carbocycles. The highest BCUT2D eigenvalue weighted by Crippen LogP contribution is 2.23. The van der Waals surface area contributed by atoms with Gasteiger partial charge in [0.05, 0.1) is 18.0 Å². The minimum absolute atomic E-state index is 0.0779. The van der Waals surface area contributed by atoms with Crippen LogP contribution < -0.4 is 0 Å². The molecule has 98 valence electrons. The van der Waals surface area contributed by atoms with Crippen molar-refractivity contribution >= 4 is 21.4 Å². The maximum Gasteiger partial charge on any atom is 0.151 e. The first kappa shape index (κ1) is 14.5. The van der Waals surface area contributed by atoms with Gasteiger partial charge in [0.15, 0.2) is 9.84 Å². The summed E-state index contributed by atoms with van der Waals surface area (Å²) in [4.78, 5) is 0. The van der Waals surface area contributed by atoms with Crippen molar-refractivity contribution in [3.63, 3.8) is 0 Å². The molecule has 0 amide bonds. The molecule has 0 fully saturated rings. The molecule has 0 N–H and O–H groups in total. The van der Waals surface area contributed by atoms with E-state index < -0.39 is 9.84 Å². The Balaban J connectivity index is 2.84. The summed E-state index contributed by atoms with van der Waals surface area (Å²) < 4.78 is 24.4. The summed E-state index contributed by atoms with van der Waals surface area (Å²) in [5, 5.41) is 4.83. The molecule has 0 aliphatic carbocycles. The molecule has 0 aliphatic heterocycles. The molecule has 0 atom stereocenters. The zero-order chi connectivity index (χ0) is 13.3. The summed E-state index contributed by atoms with van der Waals surface area (Å²) in [6.45, 7) is 8.07. The molecule has 4 nitrogen and oxygen atoms in total. The van der Waals surface area contributed by atoms with Gasteiger partial charge in [-0.2, -0.15) is 5.10 Å². The van der Waals surface area contributed by atoms with Crippen molar-refractivity contribution in [1.82, 2.24) is 9.78 Å². The second-order valence-electron chi connectivity index (χ2n) is 5.06. The van der Waals surface area contributed by atoms with Gasteiger partial charge in [0.1, 0.15) is 5.15 Å². The third kappa shape index (κ3) is 4.00. The fraction of sp³-hybridized carbons (Fsp3) is 0.727. The maximum atomic E-state index is 11.4. The lowest BCUT2D eigenvalue weighted by molar-refractivity contribution is 0.537. The number of hydrogen-bond donors (Lipinski definition) is 0. The van der Waals surface area contributed by atoms with E-state index >= 15 is 0 Å². The van der Waals surface area contributed by atoms with Crippen LogP contribution in [-0.2, 0) is 21.8 Å². The molecule has 0 aliphatic rings. The highest BCUT2D eigenvalue weighted by atomic mass is 35.5. The second kappa shape index (κ2) is 4.98. The summed E-state index contributed by atoms with van der Waals surface area (Å²) in [6.07, 6.45) is 0. The van der Waals surface area contributed by atoms with Gasteiger partial charge in [-0.25, -0.2) is 8.42 Å². The molecule has 1 aromatic heterocycles. The van der Waals surface area contributed by atoms with Crippen LogP contribution in [0.15, 0.2) is 6.07 Å². The van der Waals surface area contributed by atoms with Crippen LogP contribution in [0.3, 0.4) is 0 Å². The monoisotopic (exact) mass is 278 g/mol. The standard InChI is InChI=1S/C11H19ClN2O2S/c1-5-17(15,16)7-6-14-10(12)8-9(13-14)11(2,3)4/h8H,5-7H2,1-4H3. The summed E-state index contributed by atoms with van der Waals surface area (Å²) >= 11 is 6.03. The van der Waals surface area contributed by atoms with Gasteiger partial charge in [-0.3, -0.25) is 4.68 Å². The molecule has 1 aromatic rings. The van der Waals surface area contributed by atoms with E-state index in [4.69, 9.17) is 11.6 Å². The molecule has 0 spiro atoms. The molecule has 6 heteroatoms. The Morgan fingerprint density at radius 1 is 1.41 bits per heavy atom. The Morgan fingerprint density at radius 2 is 2.00 bits per heavy atom. The van der Waals surface area contributed by atoms with Gasteiger partial charge >= 0.3 is 0 Å². The van der Waals surface area contributed by atoms with Crippen LogP contribution in [-0.4, -0.2) is 29.7 Å². The lowest BCUT2D eigenvalue weighted by atomic mass is 9.93. The van der Waals surface area contributed by atoms with E-state index in [0.29, 0.717) is 11.7 Å². The van der Waals surface area contributed by atoms with Crippen molar-refractivity contribution in [3.8, 4) is 0 Å². The van der Waals surface area contributed by atoms with Gasteiger partial charge in [0, 0.05) is 11.2 Å². The Hall–Kier alpha value is -0.550. The van der Waals surface area contributed by atoms with Crippen LogP contribution in [0.2, 0.25) is 5.15 Å². The van der Waals surface area contributed by atoms with Crippen LogP contribution in [0.25, 0.3) is 0 Å². The van der Waals surface area contributed by atoms with Gasteiger partial charge in [0.25, 0.3) is 0 Å². The number of aryl methyl sites for hydroxylation is 1. The molecule has 17 heavy (non-hydrogen) atoms. The van der Waals surface area contributed by atoms with Crippen LogP contribution in [0, 0.1) is 0 Å². The first-order chi connectivity index (χ1) is 7.65. The average molecular weight is 279 g/mol. The largest absolute Gasteiger partial charge is 0.253 e. The topological polar surface area (TPSA) is 52.0 Å². The Morgan fingerprint density at radius 3 is 2.41 bits per heavy atom. The number of hydrogen-bond acceptors (Lipinski definition) is 3. The van der Waals surface area contributed by atoms with Gasteiger partial charge < -0.3 is 0 Å². The molecule has 0 unspecified atom stereocenters. The van der Waals surface area contributed by atoms with E-state index in [1.165, 1.54) is 0 Å². The molecule has 1 rings (SSSR count). The van der Waals surface area contributed by atoms with Crippen LogP contribution in [0.1, 0.15) is 33.4 Å². The molecule has 0 saturated heterocycles. The predicted octanol–water partition coefficient (Wildman–Crippen LogP) is 2.27. The van der Waals surface area contributed by atoms with Crippen LogP contribution in [0.4, 0.5) is 0 Å². The minimum atomic E-state index is -2.98. The van der Waals surface area contributed by atoms with E-state index in [1.807, 2.05) is 20.8 Å². The van der Waals surface area contributed by atoms with Crippen molar-refractivity contribution in [2.75, 3.05) is 11.5 Å². The zero-order valence-electron chi connectivity index (χ0n) is 10.7. The first-order valence-corrected chi connectivity index (χ1v) is 7.80. The fourth-order valence-electron chi connectivity index (χ4n) is 1.29. The van der Waals surface area contributed by atoms with E-state index in [0.717, 1.165) is 5.69 Å². The summed E-state index contributed by atoms with van der Waals surface area (Å²) in [5.41, 5.74) is 0.787. The molecular formula is C11H19ClN2O2S. The molecular weight excluding hydrogens is 260 g/mol. The third-order valence-electron chi connectivity index (χ3n) is 2.55. The number of nitrogens with zero attached hydrogens (tertiary/aromatic N) is 2. The minimum Gasteiger partial charge on any atom is -0.253 e. The quantitative estimate of drug-likeness (QED) is 0.849. The van der Waals surface area contributed by atoms with Gasteiger partial charge in [-0.05, 0) is 6.07 Å². The van der Waals surface area contributed by atoms with E-state index in [2.05, 4.69) is 5.10 Å². The maximum absolute atomic E-state index is 11.4. The van der Waals surface area contributed by atoms with Gasteiger partial charge in [0.2, 0.25) is 0 Å². The lowest BCUT2D eigenvalue weighted by Crippen LogP contribution is -2.17. The summed E-state index contributed by atoms with van der Waals surface area (Å²) in [6, 6.07) is 1.79. The molecule has 0 bridgehead atoms. The normalized spacial score (nSPS) is 13.0. The lowest BCUT2D eigenvalue weighted by Gasteiger charge is -2.14. The molecule has 0 aromatic carbocycles. The number of halogens is 1. The highest BCUT2D eigenvalue weighted by Gasteiger charge is 2.19. The van der Waals surface area contributed by atoms with Crippen LogP contribution in [0.5, 0.6) is 0 Å². The van der Waals surface area contributed by atoms with Crippen molar-refractivity contribution < 1.29 is 8.42 Å². The number of aromatic nitrogens is 2. The highest BCUT2D eigenvalue weighted by molar-refractivity contribution is 7.91. The van der Waals surface area contributed by atoms with Crippen LogP contribution >= 0.6 is 11.6 Å². The van der Waals surface area contributed by atoms with E-state index in [-0.39, 0.29) is 16.9 Å². The zero-order valence-corrected chi connectivity index (χ0v) is 12.3. The average Bonchev–Trinajstić information content (AvgIpc) is 2.57. The predicted molar refractivity (Wildman–Crippen MR) is 70.3 cm³/mol. The van der Waals surface area contributed by atoms with Crippen molar-refractivity contribution in [2.45, 2.75) is 39.7 Å². The number of sulfone groups is 1. The molecule has 1 heterocycles. The molecule has 0 radical (unpaired) electrons. The Labute approximate surface area is 108 Å². The number of rotatable bonds is 4. The van der Waals surface area contributed by atoms with E-state index in [1.54, 1.807) is 17.7 Å². The van der Waals surface area contributed by atoms with E-state index in [9.17, 15) is 8.42 Å². The summed E-state index contributed by atoms with van der Waals surface area (Å²) in [7, 11) is -2.98. The smallest absolute Gasteiger partial charge is 0.151 e. The van der Waals surface area contributed by atoms with Gasteiger partial charge in [-0.1, -0.05) is 39.3 Å². The van der Waals surface area contributed by atoms with Crippen molar-refractivity contribution in [1.29, 1.82) is 0 Å². The fourth-order valence-corrected chi connectivity index (χ4v) is 2.25. The van der Waals surface area contributed by atoms with Crippen molar-refractivity contribution in [3.05, 3.63) is 16.9 Å². The second-order valence-corrected chi connectivity index (χ2v) is 7.92. The van der Waals surface area contributed by atoms with Crippen molar-refractivity contribution in [2.24, 2.45) is 0 Å². The third-order valence-corrected chi connectivity index (χ3v) is 4.54. The SMILES string of the molecule is CCS(=O)(=O)CCn1nc(C(C)(C)C)cc1Cl. The van der Waals surface area contributed by atoms with Gasteiger partial charge in [-0.15, -0.1) is 0 Å². The first-order valence-electron chi connectivity index (χ1n) is 5.60. The summed E-state index contributed by atoms with van der Waals surface area (Å²) in [5.74, 6) is 0.229. The Bertz CT molecular complexity index is 486. The Kier molecular flexibility index (Phi) is 4.25.